The summed E-state index contributed by atoms with van der Waals surface area (Å²) >= 11 is 0. The average molecular weight is 454 g/mol. The molecule has 0 aliphatic heterocycles. The minimum absolute atomic E-state index is 0.0148. The SMILES string of the molecule is CC(C)(C)OC(=O)C(N)(CCCCNC(=O)n1ncc(C(C)(C)C)n1)C(=O)OC(C)(C)C. The Labute approximate surface area is 190 Å². The molecule has 1 amide bonds. The molecule has 0 saturated carbocycles. The standard InChI is InChI=1S/C22H39N5O5/c1-19(2,3)15-14-25-27(26-15)18(30)24-13-11-10-12-22(23,16(28)31-20(4,5)6)17(29)32-21(7,8)9/h14H,10-13,23H2,1-9H3,(H,24,30). The fourth-order valence-electron chi connectivity index (χ4n) is 2.53. The van der Waals surface area contributed by atoms with Gasteiger partial charge in [-0.2, -0.15) is 5.10 Å². The average Bonchev–Trinajstić information content (AvgIpc) is 3.08. The van der Waals surface area contributed by atoms with Crippen LogP contribution in [0.5, 0.6) is 0 Å². The fraction of sp³-hybridized carbons (Fsp3) is 0.773. The van der Waals surface area contributed by atoms with Gasteiger partial charge in [0.15, 0.2) is 0 Å². The molecule has 0 aliphatic carbocycles. The lowest BCUT2D eigenvalue weighted by Gasteiger charge is -2.32. The van der Waals surface area contributed by atoms with Crippen molar-refractivity contribution in [1.29, 1.82) is 0 Å². The first-order valence-electron chi connectivity index (χ1n) is 10.8. The van der Waals surface area contributed by atoms with Gasteiger partial charge in [-0.3, -0.25) is 0 Å². The van der Waals surface area contributed by atoms with Crippen LogP contribution in [-0.2, 0) is 24.5 Å². The minimum atomic E-state index is -1.93. The molecule has 10 nitrogen and oxygen atoms in total. The Bertz CT molecular complexity index is 784. The van der Waals surface area contributed by atoms with E-state index in [0.717, 1.165) is 4.80 Å². The molecule has 0 saturated heterocycles. The number of nitrogens with one attached hydrogen (secondary N) is 1. The second-order valence-electron chi connectivity index (χ2n) is 10.9. The number of unbranched alkanes of at least 4 members (excludes halogenated alkanes) is 1. The summed E-state index contributed by atoms with van der Waals surface area (Å²) in [4.78, 5) is 38.7. The van der Waals surface area contributed by atoms with Gasteiger partial charge in [-0.05, 0) is 60.8 Å². The number of carbonyl (C=O) groups is 3. The maximum atomic E-state index is 12.7. The molecule has 0 atom stereocenters. The van der Waals surface area contributed by atoms with Crippen LogP contribution in [-0.4, -0.2) is 56.2 Å². The molecule has 0 aliphatic rings. The summed E-state index contributed by atoms with van der Waals surface area (Å²) in [6.45, 7) is 16.4. The zero-order valence-electron chi connectivity index (χ0n) is 20.9. The second kappa shape index (κ2) is 9.97. The maximum absolute atomic E-state index is 12.7. The predicted octanol–water partition coefficient (Wildman–Crippen LogP) is 2.68. The van der Waals surface area contributed by atoms with Crippen LogP contribution in [0.25, 0.3) is 0 Å². The highest BCUT2D eigenvalue weighted by Crippen LogP contribution is 2.22. The van der Waals surface area contributed by atoms with Crippen molar-refractivity contribution in [2.24, 2.45) is 5.73 Å². The zero-order chi connectivity index (χ0) is 25.0. The number of nitrogens with two attached hydrogens (primary N) is 1. The van der Waals surface area contributed by atoms with E-state index in [1.54, 1.807) is 47.7 Å². The number of amides is 1. The Morgan fingerprint density at radius 3 is 1.84 bits per heavy atom. The number of rotatable bonds is 7. The van der Waals surface area contributed by atoms with E-state index >= 15 is 0 Å². The third kappa shape index (κ3) is 8.57. The Morgan fingerprint density at radius 2 is 1.44 bits per heavy atom. The molecule has 0 radical (unpaired) electrons. The molecule has 0 bridgehead atoms. The molecule has 0 unspecified atom stereocenters. The summed E-state index contributed by atoms with van der Waals surface area (Å²) in [5.41, 5.74) is 3.16. The van der Waals surface area contributed by atoms with Crippen LogP contribution >= 0.6 is 0 Å². The largest absolute Gasteiger partial charge is 0.458 e. The van der Waals surface area contributed by atoms with E-state index in [2.05, 4.69) is 15.5 Å². The first-order chi connectivity index (χ1) is 14.3. The molecular formula is C22H39N5O5. The molecule has 32 heavy (non-hydrogen) atoms. The zero-order valence-corrected chi connectivity index (χ0v) is 20.9. The van der Waals surface area contributed by atoms with Crippen LogP contribution in [0.2, 0.25) is 0 Å². The first-order valence-corrected chi connectivity index (χ1v) is 10.8. The molecule has 1 rings (SSSR count). The molecule has 0 spiro atoms. The van der Waals surface area contributed by atoms with Gasteiger partial charge in [0.25, 0.3) is 0 Å². The van der Waals surface area contributed by atoms with Crippen molar-refractivity contribution in [3.63, 3.8) is 0 Å². The van der Waals surface area contributed by atoms with Crippen molar-refractivity contribution in [3.05, 3.63) is 11.9 Å². The molecule has 3 N–H and O–H groups in total. The number of hydrogen-bond donors (Lipinski definition) is 2. The Morgan fingerprint density at radius 1 is 0.938 bits per heavy atom. The highest BCUT2D eigenvalue weighted by Gasteiger charge is 2.47. The van der Waals surface area contributed by atoms with Crippen LogP contribution in [0.4, 0.5) is 4.79 Å². The number of aromatic nitrogens is 3. The summed E-state index contributed by atoms with van der Waals surface area (Å²) in [6.07, 6.45) is 2.43. The minimum Gasteiger partial charge on any atom is -0.458 e. The Balaban J connectivity index is 2.70. The van der Waals surface area contributed by atoms with Crippen LogP contribution in [0.15, 0.2) is 6.20 Å². The Kier molecular flexibility index (Phi) is 8.59. The number of esters is 2. The van der Waals surface area contributed by atoms with Gasteiger partial charge < -0.3 is 20.5 Å². The summed E-state index contributed by atoms with van der Waals surface area (Å²) in [7, 11) is 0. The van der Waals surface area contributed by atoms with Crippen molar-refractivity contribution >= 4 is 18.0 Å². The van der Waals surface area contributed by atoms with E-state index in [1.807, 2.05) is 20.8 Å². The van der Waals surface area contributed by atoms with Crippen molar-refractivity contribution in [3.8, 4) is 0 Å². The lowest BCUT2D eigenvalue weighted by Crippen LogP contribution is -2.59. The maximum Gasteiger partial charge on any atom is 0.359 e. The molecule has 10 heteroatoms. The topological polar surface area (TPSA) is 138 Å². The quantitative estimate of drug-likeness (QED) is 0.365. The van der Waals surface area contributed by atoms with Crippen LogP contribution in [0.3, 0.4) is 0 Å². The van der Waals surface area contributed by atoms with Gasteiger partial charge in [-0.25, -0.2) is 14.4 Å². The van der Waals surface area contributed by atoms with Crippen LogP contribution in [0.1, 0.15) is 87.3 Å². The number of nitrogens with zero attached hydrogens (tertiary/aromatic N) is 3. The normalized spacial score (nSPS) is 12.9. The van der Waals surface area contributed by atoms with E-state index in [0.29, 0.717) is 25.1 Å². The highest BCUT2D eigenvalue weighted by molar-refractivity contribution is 6.04. The van der Waals surface area contributed by atoms with E-state index < -0.39 is 34.7 Å². The third-order valence-corrected chi connectivity index (χ3v) is 4.24. The van der Waals surface area contributed by atoms with Crippen LogP contribution in [0, 0.1) is 0 Å². The monoisotopic (exact) mass is 453 g/mol. The van der Waals surface area contributed by atoms with E-state index in [9.17, 15) is 14.4 Å². The van der Waals surface area contributed by atoms with Gasteiger partial charge in [0.1, 0.15) is 11.2 Å². The molecule has 182 valence electrons. The predicted molar refractivity (Wildman–Crippen MR) is 120 cm³/mol. The molecule has 0 fully saturated rings. The highest BCUT2D eigenvalue weighted by atomic mass is 16.6. The Hall–Kier alpha value is -2.49. The fourth-order valence-corrected chi connectivity index (χ4v) is 2.53. The summed E-state index contributed by atoms with van der Waals surface area (Å²) in [5.74, 6) is -1.67. The van der Waals surface area contributed by atoms with Gasteiger partial charge >= 0.3 is 18.0 Å². The van der Waals surface area contributed by atoms with E-state index in [4.69, 9.17) is 15.2 Å². The van der Waals surface area contributed by atoms with Gasteiger partial charge in [0.2, 0.25) is 5.54 Å². The summed E-state index contributed by atoms with van der Waals surface area (Å²) in [5, 5.41) is 10.9. The molecule has 1 aromatic heterocycles. The van der Waals surface area contributed by atoms with Gasteiger partial charge in [-0.15, -0.1) is 5.10 Å². The molecule has 1 heterocycles. The van der Waals surface area contributed by atoms with Gasteiger partial charge in [-0.1, -0.05) is 25.6 Å². The van der Waals surface area contributed by atoms with E-state index in [-0.39, 0.29) is 11.8 Å². The van der Waals surface area contributed by atoms with E-state index in [1.165, 1.54) is 0 Å². The van der Waals surface area contributed by atoms with Crippen molar-refractivity contribution < 1.29 is 23.9 Å². The summed E-state index contributed by atoms with van der Waals surface area (Å²) < 4.78 is 10.7. The molecular weight excluding hydrogens is 414 g/mol. The van der Waals surface area contributed by atoms with Crippen molar-refractivity contribution in [2.45, 2.75) is 104 Å². The first kappa shape index (κ1) is 27.5. The smallest absolute Gasteiger partial charge is 0.359 e. The lowest BCUT2D eigenvalue weighted by atomic mass is 9.93. The number of carbonyl (C=O) groups excluding carboxylic acids is 3. The number of ether oxygens (including phenoxy) is 2. The van der Waals surface area contributed by atoms with Gasteiger partial charge in [0, 0.05) is 12.0 Å². The summed E-state index contributed by atoms with van der Waals surface area (Å²) in [6, 6.07) is -0.459. The molecule has 0 aromatic carbocycles. The lowest BCUT2D eigenvalue weighted by molar-refractivity contribution is -0.177. The van der Waals surface area contributed by atoms with Gasteiger partial charge in [0.05, 0.1) is 11.9 Å². The van der Waals surface area contributed by atoms with Crippen LogP contribution < -0.4 is 11.1 Å². The number of hydrogen-bond acceptors (Lipinski definition) is 8. The van der Waals surface area contributed by atoms with Crippen molar-refractivity contribution in [1.82, 2.24) is 20.3 Å². The van der Waals surface area contributed by atoms with Crippen molar-refractivity contribution in [2.75, 3.05) is 6.54 Å². The third-order valence-electron chi connectivity index (χ3n) is 4.24. The molecule has 1 aromatic rings. The second-order valence-corrected chi connectivity index (χ2v) is 10.9.